The molecule has 0 radical (unpaired) electrons. The first-order valence-electron chi connectivity index (χ1n) is 4.81. The second-order valence-corrected chi connectivity index (χ2v) is 5.42. The second-order valence-electron chi connectivity index (χ2n) is 3.86. The predicted octanol–water partition coefficient (Wildman–Crippen LogP) is 1.20. The van der Waals surface area contributed by atoms with Gasteiger partial charge in [0.05, 0.1) is 10.9 Å². The maximum Gasteiger partial charge on any atom is 0.257 e. The van der Waals surface area contributed by atoms with Crippen LogP contribution in [0, 0.1) is 0 Å². The first-order valence-corrected chi connectivity index (χ1v) is 6.35. The van der Waals surface area contributed by atoms with E-state index in [2.05, 4.69) is 0 Å². The molecule has 1 atom stereocenters. The topological polar surface area (TPSA) is 63.4 Å². The van der Waals surface area contributed by atoms with E-state index in [4.69, 9.17) is 5.14 Å². The average molecular weight is 264 g/mol. The van der Waals surface area contributed by atoms with Gasteiger partial charge in [0.25, 0.3) is 6.43 Å². The number of primary sulfonamides is 1. The molecule has 96 valence electrons. The summed E-state index contributed by atoms with van der Waals surface area (Å²) in [6, 6.07) is 4.07. The zero-order valence-corrected chi connectivity index (χ0v) is 10.3. The number of alkyl halides is 2. The van der Waals surface area contributed by atoms with Gasteiger partial charge in [0.15, 0.2) is 0 Å². The molecule has 1 unspecified atom stereocenters. The highest BCUT2D eigenvalue weighted by molar-refractivity contribution is 7.89. The van der Waals surface area contributed by atoms with Crippen molar-refractivity contribution in [2.75, 3.05) is 14.1 Å². The summed E-state index contributed by atoms with van der Waals surface area (Å²) in [5.74, 6) is 0. The van der Waals surface area contributed by atoms with Gasteiger partial charge in [-0.2, -0.15) is 0 Å². The summed E-state index contributed by atoms with van der Waals surface area (Å²) in [7, 11) is -0.723. The third-order valence-corrected chi connectivity index (χ3v) is 3.27. The highest BCUT2D eigenvalue weighted by Gasteiger charge is 2.24. The molecule has 4 nitrogen and oxygen atoms in total. The molecule has 7 heteroatoms. The van der Waals surface area contributed by atoms with Gasteiger partial charge in [0.1, 0.15) is 0 Å². The summed E-state index contributed by atoms with van der Waals surface area (Å²) in [5.41, 5.74) is 0.345. The van der Waals surface area contributed by atoms with Crippen molar-refractivity contribution >= 4 is 10.0 Å². The van der Waals surface area contributed by atoms with Gasteiger partial charge >= 0.3 is 0 Å². The van der Waals surface area contributed by atoms with Gasteiger partial charge in [-0.05, 0) is 31.8 Å². The van der Waals surface area contributed by atoms with Crippen LogP contribution in [0.2, 0.25) is 0 Å². The van der Waals surface area contributed by atoms with Crippen LogP contribution in [0.3, 0.4) is 0 Å². The molecule has 2 N–H and O–H groups in total. The molecule has 0 aliphatic rings. The Morgan fingerprint density at radius 2 is 1.65 bits per heavy atom. The van der Waals surface area contributed by atoms with E-state index >= 15 is 0 Å². The molecule has 17 heavy (non-hydrogen) atoms. The van der Waals surface area contributed by atoms with Gasteiger partial charge in [-0.15, -0.1) is 0 Å². The van der Waals surface area contributed by atoms with Crippen molar-refractivity contribution in [1.82, 2.24) is 4.90 Å². The Hall–Kier alpha value is -1.05. The van der Waals surface area contributed by atoms with E-state index in [9.17, 15) is 17.2 Å². The lowest BCUT2D eigenvalue weighted by atomic mass is 10.1. The molecule has 1 rings (SSSR count). The molecule has 0 bridgehead atoms. The first-order chi connectivity index (χ1) is 7.73. The molecular weight excluding hydrogens is 250 g/mol. The van der Waals surface area contributed by atoms with Crippen LogP contribution in [0.1, 0.15) is 11.6 Å². The number of hydrogen-bond donors (Lipinski definition) is 1. The lowest BCUT2D eigenvalue weighted by molar-refractivity contribution is 0.0488. The minimum Gasteiger partial charge on any atom is -0.298 e. The maximum atomic E-state index is 12.8. The predicted molar refractivity (Wildman–Crippen MR) is 60.2 cm³/mol. The van der Waals surface area contributed by atoms with Gasteiger partial charge in [-0.25, -0.2) is 22.3 Å². The lowest BCUT2D eigenvalue weighted by Crippen LogP contribution is -2.26. The number of nitrogens with two attached hydrogens (primary N) is 1. The number of sulfonamides is 1. The summed E-state index contributed by atoms with van der Waals surface area (Å²) in [5, 5.41) is 4.92. The Bertz CT molecular complexity index is 464. The fourth-order valence-electron chi connectivity index (χ4n) is 1.52. The van der Waals surface area contributed by atoms with Crippen molar-refractivity contribution in [1.29, 1.82) is 0 Å². The standard InChI is InChI=1S/C10H14F2N2O2S/c1-14(2)9(10(11)12)7-3-5-8(6-4-7)17(13,15)16/h3-6,9-10H,1-2H3,(H2,13,15,16). The fraction of sp³-hybridized carbons (Fsp3) is 0.400. The summed E-state index contributed by atoms with van der Waals surface area (Å²) in [6.45, 7) is 0. The van der Waals surface area contributed by atoms with Crippen molar-refractivity contribution in [3.8, 4) is 0 Å². The second kappa shape index (κ2) is 5.07. The number of nitrogens with zero attached hydrogens (tertiary/aromatic N) is 1. The van der Waals surface area contributed by atoms with Gasteiger partial charge < -0.3 is 0 Å². The monoisotopic (exact) mass is 264 g/mol. The molecule has 0 aliphatic carbocycles. The zero-order valence-electron chi connectivity index (χ0n) is 9.47. The van der Waals surface area contributed by atoms with Crippen LogP contribution in [-0.2, 0) is 10.0 Å². The molecular formula is C10H14F2N2O2S. The number of benzene rings is 1. The molecule has 0 fully saturated rings. The maximum absolute atomic E-state index is 12.8. The Morgan fingerprint density at radius 3 is 1.94 bits per heavy atom. The van der Waals surface area contributed by atoms with Crippen molar-refractivity contribution < 1.29 is 17.2 Å². The van der Waals surface area contributed by atoms with E-state index in [1.54, 1.807) is 0 Å². The van der Waals surface area contributed by atoms with Crippen LogP contribution in [0.5, 0.6) is 0 Å². The summed E-state index contributed by atoms with van der Waals surface area (Å²) in [6.07, 6.45) is -2.55. The van der Waals surface area contributed by atoms with Crippen LogP contribution >= 0.6 is 0 Å². The van der Waals surface area contributed by atoms with Gasteiger partial charge in [0, 0.05) is 0 Å². The third kappa shape index (κ3) is 3.45. The van der Waals surface area contributed by atoms with Gasteiger partial charge in [0.2, 0.25) is 10.0 Å². The molecule has 0 aliphatic heterocycles. The van der Waals surface area contributed by atoms with Crippen molar-refractivity contribution in [2.24, 2.45) is 5.14 Å². The summed E-state index contributed by atoms with van der Waals surface area (Å²) in [4.78, 5) is 1.28. The molecule has 1 aromatic rings. The van der Waals surface area contributed by atoms with E-state index in [1.807, 2.05) is 0 Å². The van der Waals surface area contributed by atoms with Crippen LogP contribution in [0.4, 0.5) is 8.78 Å². The summed E-state index contributed by atoms with van der Waals surface area (Å²) < 4.78 is 47.6. The Balaban J connectivity index is 3.09. The minimum atomic E-state index is -3.79. The van der Waals surface area contributed by atoms with Gasteiger partial charge in [-0.3, -0.25) is 4.90 Å². The Labute approximate surface area is 99.1 Å². The first kappa shape index (κ1) is 14.0. The van der Waals surface area contributed by atoms with E-state index in [1.165, 1.54) is 43.3 Å². The molecule has 0 aromatic heterocycles. The number of rotatable bonds is 4. The van der Waals surface area contributed by atoms with E-state index in [0.717, 1.165) is 0 Å². The lowest BCUT2D eigenvalue weighted by Gasteiger charge is -2.23. The molecule has 0 saturated carbocycles. The molecule has 0 heterocycles. The number of hydrogen-bond acceptors (Lipinski definition) is 3. The molecule has 0 amide bonds. The van der Waals surface area contributed by atoms with Crippen molar-refractivity contribution in [3.05, 3.63) is 29.8 Å². The number of halogens is 2. The minimum absolute atomic E-state index is 0.0898. The van der Waals surface area contributed by atoms with Crippen LogP contribution in [0.15, 0.2) is 29.2 Å². The highest BCUT2D eigenvalue weighted by Crippen LogP contribution is 2.25. The van der Waals surface area contributed by atoms with Crippen LogP contribution in [-0.4, -0.2) is 33.8 Å². The van der Waals surface area contributed by atoms with Crippen molar-refractivity contribution in [3.63, 3.8) is 0 Å². The third-order valence-electron chi connectivity index (χ3n) is 2.35. The SMILES string of the molecule is CN(C)C(c1ccc(S(N)(=O)=O)cc1)C(F)F. The van der Waals surface area contributed by atoms with Gasteiger partial charge in [-0.1, -0.05) is 12.1 Å². The quantitative estimate of drug-likeness (QED) is 0.888. The zero-order chi connectivity index (χ0) is 13.2. The smallest absolute Gasteiger partial charge is 0.257 e. The largest absolute Gasteiger partial charge is 0.298 e. The molecule has 0 spiro atoms. The normalized spacial score (nSPS) is 14.3. The molecule has 0 saturated heterocycles. The Morgan fingerprint density at radius 1 is 1.18 bits per heavy atom. The van der Waals surface area contributed by atoms with E-state index in [0.29, 0.717) is 5.56 Å². The van der Waals surface area contributed by atoms with Crippen LogP contribution < -0.4 is 5.14 Å². The Kier molecular flexibility index (Phi) is 4.18. The van der Waals surface area contributed by atoms with Crippen molar-refractivity contribution in [2.45, 2.75) is 17.4 Å². The van der Waals surface area contributed by atoms with E-state index < -0.39 is 22.5 Å². The average Bonchev–Trinajstić information content (AvgIpc) is 2.15. The highest BCUT2D eigenvalue weighted by atomic mass is 32.2. The molecule has 1 aromatic carbocycles. The van der Waals surface area contributed by atoms with Crippen LogP contribution in [0.25, 0.3) is 0 Å². The van der Waals surface area contributed by atoms with E-state index in [-0.39, 0.29) is 4.90 Å². The fourth-order valence-corrected chi connectivity index (χ4v) is 2.04. The summed E-state index contributed by atoms with van der Waals surface area (Å²) >= 11 is 0.